The van der Waals surface area contributed by atoms with Crippen molar-refractivity contribution >= 4 is 39.2 Å². The van der Waals surface area contributed by atoms with Gasteiger partial charge in [-0.25, -0.2) is 0 Å². The number of benzene rings is 1. The summed E-state index contributed by atoms with van der Waals surface area (Å²) in [6, 6.07) is 5.49. The fourth-order valence-corrected chi connectivity index (χ4v) is 4.82. The van der Waals surface area contributed by atoms with Crippen molar-refractivity contribution in [1.82, 2.24) is 0 Å². The molecule has 3 nitrogen and oxygen atoms in total. The number of carbonyl (C=O) groups excluding carboxylic acids is 1. The molecule has 108 valence electrons. The minimum Gasteiger partial charge on any atom is -0.398 e. The highest BCUT2D eigenvalue weighted by atomic mass is 79.9. The first-order valence-electron chi connectivity index (χ1n) is 6.91. The van der Waals surface area contributed by atoms with E-state index in [0.29, 0.717) is 17.9 Å². The van der Waals surface area contributed by atoms with Crippen LogP contribution in [0.3, 0.4) is 0 Å². The topological polar surface area (TPSA) is 52.3 Å². The van der Waals surface area contributed by atoms with E-state index in [2.05, 4.69) is 15.9 Å². The molecule has 2 unspecified atom stereocenters. The van der Waals surface area contributed by atoms with Crippen molar-refractivity contribution in [2.75, 3.05) is 23.8 Å². The second-order valence-electron chi connectivity index (χ2n) is 5.62. The van der Waals surface area contributed by atoms with Gasteiger partial charge in [0.15, 0.2) is 5.78 Å². The lowest BCUT2D eigenvalue weighted by molar-refractivity contribution is -0.0734. The van der Waals surface area contributed by atoms with E-state index in [0.717, 1.165) is 35.2 Å². The molecule has 1 spiro atoms. The number of halogens is 1. The predicted octanol–water partition coefficient (Wildman–Crippen LogP) is 3.52. The largest absolute Gasteiger partial charge is 0.398 e. The van der Waals surface area contributed by atoms with Crippen LogP contribution in [0.2, 0.25) is 0 Å². The van der Waals surface area contributed by atoms with E-state index in [1.807, 2.05) is 23.9 Å². The molecular weight excluding hydrogens is 338 g/mol. The van der Waals surface area contributed by atoms with Crippen LogP contribution in [-0.4, -0.2) is 29.5 Å². The number of ketones is 1. The molecule has 2 aliphatic rings. The van der Waals surface area contributed by atoms with Crippen molar-refractivity contribution < 1.29 is 9.53 Å². The molecule has 1 aromatic rings. The van der Waals surface area contributed by atoms with Crippen LogP contribution in [0.1, 0.15) is 29.6 Å². The summed E-state index contributed by atoms with van der Waals surface area (Å²) in [5, 5.41) is 0. The summed E-state index contributed by atoms with van der Waals surface area (Å²) in [4.78, 5) is 12.7. The highest BCUT2D eigenvalue weighted by Crippen LogP contribution is 2.41. The van der Waals surface area contributed by atoms with Gasteiger partial charge in [-0.2, -0.15) is 11.8 Å². The van der Waals surface area contributed by atoms with Crippen molar-refractivity contribution in [2.45, 2.75) is 24.9 Å². The van der Waals surface area contributed by atoms with Gasteiger partial charge in [-0.1, -0.05) is 15.9 Å². The minimum absolute atomic E-state index is 0.0408. The van der Waals surface area contributed by atoms with Crippen molar-refractivity contribution in [3.05, 3.63) is 28.2 Å². The molecule has 5 heteroatoms. The Kier molecular flexibility index (Phi) is 4.11. The molecule has 2 N–H and O–H groups in total. The van der Waals surface area contributed by atoms with E-state index >= 15 is 0 Å². The van der Waals surface area contributed by atoms with E-state index in [9.17, 15) is 4.79 Å². The summed E-state index contributed by atoms with van der Waals surface area (Å²) in [6.45, 7) is 0.685. The van der Waals surface area contributed by atoms with E-state index < -0.39 is 0 Å². The van der Waals surface area contributed by atoms with Gasteiger partial charge in [-0.05, 0) is 43.2 Å². The van der Waals surface area contributed by atoms with Gasteiger partial charge < -0.3 is 10.5 Å². The predicted molar refractivity (Wildman–Crippen MR) is 86.2 cm³/mol. The molecule has 2 heterocycles. The number of rotatable bonds is 2. The third-order valence-corrected chi connectivity index (χ3v) is 5.93. The molecule has 3 rings (SSSR count). The van der Waals surface area contributed by atoms with Crippen LogP contribution in [0.25, 0.3) is 0 Å². The zero-order chi connectivity index (χ0) is 14.2. The molecule has 20 heavy (non-hydrogen) atoms. The Labute approximate surface area is 131 Å². The first-order valence-corrected chi connectivity index (χ1v) is 8.85. The number of Topliss-reactive ketones (excluding diaryl/α,β-unsaturated/α-hetero) is 1. The van der Waals surface area contributed by atoms with Crippen molar-refractivity contribution in [2.24, 2.45) is 5.92 Å². The lowest BCUT2D eigenvalue weighted by atomic mass is 9.81. The van der Waals surface area contributed by atoms with Gasteiger partial charge >= 0.3 is 0 Å². The van der Waals surface area contributed by atoms with Crippen LogP contribution in [0.4, 0.5) is 5.69 Å². The summed E-state index contributed by atoms with van der Waals surface area (Å²) in [7, 11) is 0. The molecular formula is C15H18BrNO2S. The third kappa shape index (κ3) is 2.76. The number of nitrogens with two attached hydrogens (primary N) is 1. The van der Waals surface area contributed by atoms with E-state index in [1.54, 1.807) is 6.07 Å². The van der Waals surface area contributed by atoms with Gasteiger partial charge in [0.1, 0.15) is 0 Å². The molecule has 0 bridgehead atoms. The highest BCUT2D eigenvalue weighted by molar-refractivity contribution is 9.10. The molecule has 0 radical (unpaired) electrons. The first kappa shape index (κ1) is 14.4. The van der Waals surface area contributed by atoms with Crippen LogP contribution < -0.4 is 5.73 Å². The van der Waals surface area contributed by atoms with Crippen LogP contribution in [-0.2, 0) is 4.74 Å². The monoisotopic (exact) mass is 355 g/mol. The Morgan fingerprint density at radius 1 is 1.50 bits per heavy atom. The number of anilines is 1. The van der Waals surface area contributed by atoms with E-state index in [1.165, 1.54) is 0 Å². The minimum atomic E-state index is -0.0655. The van der Waals surface area contributed by atoms with Crippen molar-refractivity contribution in [3.63, 3.8) is 0 Å². The number of thioether (sulfide) groups is 1. The Bertz CT molecular complexity index is 529. The standard InChI is InChI=1S/C15H18BrNO2S/c16-11-1-2-13(17)12(7-11)14(18)10-3-5-19-15(8-10)4-6-20-9-15/h1-2,7,10H,3-6,8-9,17H2. The Morgan fingerprint density at radius 3 is 3.10 bits per heavy atom. The van der Waals surface area contributed by atoms with E-state index in [-0.39, 0.29) is 17.3 Å². The van der Waals surface area contributed by atoms with E-state index in [4.69, 9.17) is 10.5 Å². The molecule has 0 saturated carbocycles. The second-order valence-corrected chi connectivity index (χ2v) is 7.64. The number of carbonyl (C=O) groups is 1. The Hall–Kier alpha value is -0.520. The quantitative estimate of drug-likeness (QED) is 0.651. The second kappa shape index (κ2) is 5.70. The van der Waals surface area contributed by atoms with Gasteiger partial charge in [-0.15, -0.1) is 0 Å². The molecule has 2 atom stereocenters. The summed E-state index contributed by atoms with van der Waals surface area (Å²) in [5.74, 6) is 2.37. The van der Waals surface area contributed by atoms with Crippen LogP contribution in [0.15, 0.2) is 22.7 Å². The molecule has 1 aromatic carbocycles. The molecule has 2 aliphatic heterocycles. The Balaban J connectivity index is 1.81. The average Bonchev–Trinajstić information content (AvgIpc) is 2.88. The molecule has 2 saturated heterocycles. The van der Waals surface area contributed by atoms with Crippen LogP contribution in [0.5, 0.6) is 0 Å². The number of nitrogen functional groups attached to an aromatic ring is 1. The van der Waals surface area contributed by atoms with Gasteiger partial charge in [0.2, 0.25) is 0 Å². The van der Waals surface area contributed by atoms with Crippen LogP contribution in [0, 0.1) is 5.92 Å². The normalized spacial score (nSPS) is 29.8. The molecule has 0 aromatic heterocycles. The highest BCUT2D eigenvalue weighted by Gasteiger charge is 2.42. The van der Waals surface area contributed by atoms with Crippen molar-refractivity contribution in [3.8, 4) is 0 Å². The summed E-state index contributed by atoms with van der Waals surface area (Å²) >= 11 is 5.34. The number of ether oxygens (including phenoxy) is 1. The summed E-state index contributed by atoms with van der Waals surface area (Å²) in [6.07, 6.45) is 2.71. The fraction of sp³-hybridized carbons (Fsp3) is 0.533. The average molecular weight is 356 g/mol. The maximum atomic E-state index is 12.7. The first-order chi connectivity index (χ1) is 9.60. The van der Waals surface area contributed by atoms with Crippen LogP contribution >= 0.6 is 27.7 Å². The SMILES string of the molecule is Nc1ccc(Br)cc1C(=O)C1CCOC2(CCSC2)C1. The third-order valence-electron chi connectivity index (χ3n) is 4.21. The van der Waals surface area contributed by atoms with Gasteiger partial charge in [0, 0.05) is 34.0 Å². The van der Waals surface area contributed by atoms with Crippen molar-refractivity contribution in [1.29, 1.82) is 0 Å². The lowest BCUT2D eigenvalue weighted by Gasteiger charge is -2.37. The number of hydrogen-bond acceptors (Lipinski definition) is 4. The van der Waals surface area contributed by atoms with Gasteiger partial charge in [-0.3, -0.25) is 4.79 Å². The summed E-state index contributed by atoms with van der Waals surface area (Å²) in [5.41, 5.74) is 7.11. The molecule has 0 aliphatic carbocycles. The zero-order valence-corrected chi connectivity index (χ0v) is 13.6. The Morgan fingerprint density at radius 2 is 2.35 bits per heavy atom. The maximum Gasteiger partial charge on any atom is 0.168 e. The zero-order valence-electron chi connectivity index (χ0n) is 11.2. The van der Waals surface area contributed by atoms with Gasteiger partial charge in [0.25, 0.3) is 0 Å². The number of hydrogen-bond donors (Lipinski definition) is 1. The maximum absolute atomic E-state index is 12.7. The smallest absolute Gasteiger partial charge is 0.168 e. The fourth-order valence-electron chi connectivity index (χ4n) is 3.08. The molecule has 2 fully saturated rings. The van der Waals surface area contributed by atoms with Gasteiger partial charge in [0.05, 0.1) is 5.60 Å². The lowest BCUT2D eigenvalue weighted by Crippen LogP contribution is -2.42. The molecule has 0 amide bonds. The summed E-state index contributed by atoms with van der Waals surface area (Å²) < 4.78 is 6.88.